The standard InChI is InChI=1S/C19H27N3O3S/c1-20-19(22(2)9-8-15-7-6-10-26-15)21-13-14-11-17(24-4)18(25-5)12-16(14)23-3/h6-7,10-12H,8-9,13H2,1-5H3,(H,20,21). The SMILES string of the molecule is CN=C(NCc1cc(OC)c(OC)cc1OC)N(C)CCc1cccs1. The van der Waals surface area contributed by atoms with Crippen LogP contribution in [-0.4, -0.2) is 52.8 Å². The van der Waals surface area contributed by atoms with Gasteiger partial charge in [0, 0.05) is 43.7 Å². The molecule has 0 saturated heterocycles. The van der Waals surface area contributed by atoms with Gasteiger partial charge in [-0.3, -0.25) is 4.99 Å². The Balaban J connectivity index is 2.03. The molecule has 2 aromatic rings. The number of likely N-dealkylation sites (N-methyl/N-ethyl adjacent to an activating group) is 1. The quantitative estimate of drug-likeness (QED) is 0.566. The van der Waals surface area contributed by atoms with Crippen molar-refractivity contribution in [2.45, 2.75) is 13.0 Å². The van der Waals surface area contributed by atoms with E-state index < -0.39 is 0 Å². The fourth-order valence-corrected chi connectivity index (χ4v) is 3.33. The van der Waals surface area contributed by atoms with Gasteiger partial charge in [-0.25, -0.2) is 0 Å². The van der Waals surface area contributed by atoms with Crippen LogP contribution in [0.1, 0.15) is 10.4 Å². The molecular weight excluding hydrogens is 350 g/mol. The van der Waals surface area contributed by atoms with E-state index in [1.54, 1.807) is 39.7 Å². The predicted molar refractivity (Wildman–Crippen MR) is 107 cm³/mol. The Kier molecular flexibility index (Phi) is 7.59. The highest BCUT2D eigenvalue weighted by molar-refractivity contribution is 7.09. The van der Waals surface area contributed by atoms with Crippen molar-refractivity contribution < 1.29 is 14.2 Å². The van der Waals surface area contributed by atoms with Crippen LogP contribution in [-0.2, 0) is 13.0 Å². The van der Waals surface area contributed by atoms with Crippen LogP contribution in [0, 0.1) is 0 Å². The van der Waals surface area contributed by atoms with Crippen LogP contribution >= 0.6 is 11.3 Å². The van der Waals surface area contributed by atoms with E-state index in [-0.39, 0.29) is 0 Å². The minimum atomic E-state index is 0.569. The number of nitrogens with one attached hydrogen (secondary N) is 1. The fraction of sp³-hybridized carbons (Fsp3) is 0.421. The van der Waals surface area contributed by atoms with Crippen LogP contribution in [0.5, 0.6) is 17.2 Å². The number of benzene rings is 1. The third-order valence-corrected chi connectivity index (χ3v) is 5.01. The van der Waals surface area contributed by atoms with Crippen LogP contribution in [0.4, 0.5) is 0 Å². The van der Waals surface area contributed by atoms with E-state index in [1.807, 2.05) is 19.2 Å². The van der Waals surface area contributed by atoms with Gasteiger partial charge in [0.1, 0.15) is 5.75 Å². The highest BCUT2D eigenvalue weighted by Gasteiger charge is 2.13. The van der Waals surface area contributed by atoms with Crippen LogP contribution < -0.4 is 19.5 Å². The van der Waals surface area contributed by atoms with Crippen molar-refractivity contribution in [2.24, 2.45) is 4.99 Å². The van der Waals surface area contributed by atoms with Crippen LogP contribution in [0.25, 0.3) is 0 Å². The lowest BCUT2D eigenvalue weighted by molar-refractivity contribution is 0.347. The molecular formula is C19H27N3O3S. The first-order valence-corrected chi connectivity index (χ1v) is 9.24. The molecule has 0 aliphatic carbocycles. The third kappa shape index (κ3) is 5.05. The summed E-state index contributed by atoms with van der Waals surface area (Å²) >= 11 is 1.78. The molecule has 7 heteroatoms. The molecule has 0 bridgehead atoms. The molecule has 1 N–H and O–H groups in total. The molecule has 0 saturated carbocycles. The molecule has 2 rings (SSSR count). The Bertz CT molecular complexity index is 717. The minimum Gasteiger partial charge on any atom is -0.496 e. The van der Waals surface area contributed by atoms with Crippen molar-refractivity contribution in [3.8, 4) is 17.2 Å². The lowest BCUT2D eigenvalue weighted by atomic mass is 10.1. The van der Waals surface area contributed by atoms with Gasteiger partial charge < -0.3 is 24.4 Å². The first-order chi connectivity index (χ1) is 12.6. The summed E-state index contributed by atoms with van der Waals surface area (Å²) in [6.45, 7) is 1.46. The van der Waals surface area contributed by atoms with E-state index in [0.29, 0.717) is 18.0 Å². The maximum absolute atomic E-state index is 5.48. The van der Waals surface area contributed by atoms with E-state index >= 15 is 0 Å². The summed E-state index contributed by atoms with van der Waals surface area (Å²) in [6.07, 6.45) is 0.995. The van der Waals surface area contributed by atoms with E-state index in [4.69, 9.17) is 14.2 Å². The van der Waals surface area contributed by atoms with Crippen molar-refractivity contribution in [1.82, 2.24) is 10.2 Å². The highest BCUT2D eigenvalue weighted by atomic mass is 32.1. The number of nitrogens with zero attached hydrogens (tertiary/aromatic N) is 2. The Morgan fingerprint density at radius 1 is 1.12 bits per heavy atom. The first-order valence-electron chi connectivity index (χ1n) is 8.36. The number of hydrogen-bond acceptors (Lipinski definition) is 5. The topological polar surface area (TPSA) is 55.3 Å². The van der Waals surface area contributed by atoms with Crippen molar-refractivity contribution in [1.29, 1.82) is 0 Å². The molecule has 1 aromatic heterocycles. The second-order valence-corrected chi connectivity index (χ2v) is 6.70. The number of thiophene rings is 1. The molecule has 0 aliphatic rings. The average Bonchev–Trinajstić information content (AvgIpc) is 3.19. The zero-order valence-corrected chi connectivity index (χ0v) is 16.9. The van der Waals surface area contributed by atoms with Crippen LogP contribution in [0.2, 0.25) is 0 Å². The number of aliphatic imine (C=N–C) groups is 1. The maximum atomic E-state index is 5.48. The third-order valence-electron chi connectivity index (χ3n) is 4.07. The van der Waals surface area contributed by atoms with Gasteiger partial charge in [-0.15, -0.1) is 11.3 Å². The highest BCUT2D eigenvalue weighted by Crippen LogP contribution is 2.34. The molecule has 6 nitrogen and oxygen atoms in total. The zero-order valence-electron chi connectivity index (χ0n) is 16.0. The van der Waals surface area contributed by atoms with Crippen LogP contribution in [0.3, 0.4) is 0 Å². The van der Waals surface area contributed by atoms with E-state index in [2.05, 4.69) is 32.7 Å². The smallest absolute Gasteiger partial charge is 0.193 e. The maximum Gasteiger partial charge on any atom is 0.193 e. The van der Waals surface area contributed by atoms with Gasteiger partial charge in [0.15, 0.2) is 17.5 Å². The molecule has 0 aliphatic heterocycles. The lowest BCUT2D eigenvalue weighted by Gasteiger charge is -2.22. The number of rotatable bonds is 8. The fourth-order valence-electron chi connectivity index (χ4n) is 2.63. The van der Waals surface area contributed by atoms with Gasteiger partial charge in [0.05, 0.1) is 21.3 Å². The van der Waals surface area contributed by atoms with E-state index in [9.17, 15) is 0 Å². The molecule has 0 unspecified atom stereocenters. The van der Waals surface area contributed by atoms with Gasteiger partial charge in [-0.05, 0) is 23.9 Å². The van der Waals surface area contributed by atoms with Crippen LogP contribution in [0.15, 0.2) is 34.6 Å². The van der Waals surface area contributed by atoms with Gasteiger partial charge >= 0.3 is 0 Å². The largest absolute Gasteiger partial charge is 0.496 e. The Hall–Kier alpha value is -2.41. The summed E-state index contributed by atoms with van der Waals surface area (Å²) in [5.41, 5.74) is 0.970. The number of guanidine groups is 1. The number of ether oxygens (including phenoxy) is 3. The van der Waals surface area contributed by atoms with E-state index in [0.717, 1.165) is 30.2 Å². The monoisotopic (exact) mass is 377 g/mol. The van der Waals surface area contributed by atoms with Gasteiger partial charge in [-0.1, -0.05) is 6.07 Å². The molecule has 0 fully saturated rings. The minimum absolute atomic E-state index is 0.569. The van der Waals surface area contributed by atoms with Crippen molar-refractivity contribution >= 4 is 17.3 Å². The predicted octanol–water partition coefficient (Wildman–Crippen LogP) is 3.02. The van der Waals surface area contributed by atoms with Crippen molar-refractivity contribution in [3.05, 3.63) is 40.1 Å². The Labute approximate surface area is 159 Å². The van der Waals surface area contributed by atoms with E-state index in [1.165, 1.54) is 4.88 Å². The molecule has 1 heterocycles. The number of methoxy groups -OCH3 is 3. The molecule has 0 radical (unpaired) electrons. The van der Waals surface area contributed by atoms with Gasteiger partial charge in [-0.2, -0.15) is 0 Å². The zero-order chi connectivity index (χ0) is 18.9. The normalized spacial score (nSPS) is 11.2. The summed E-state index contributed by atoms with van der Waals surface area (Å²) in [5.74, 6) is 2.89. The molecule has 1 aromatic carbocycles. The number of hydrogen-bond donors (Lipinski definition) is 1. The van der Waals surface area contributed by atoms with Crippen molar-refractivity contribution in [3.63, 3.8) is 0 Å². The summed E-state index contributed by atoms with van der Waals surface area (Å²) in [5, 5.41) is 5.48. The average molecular weight is 378 g/mol. The van der Waals surface area contributed by atoms with Crippen molar-refractivity contribution in [2.75, 3.05) is 42.0 Å². The lowest BCUT2D eigenvalue weighted by Crippen LogP contribution is -2.39. The second kappa shape index (κ2) is 9.91. The Morgan fingerprint density at radius 2 is 1.81 bits per heavy atom. The summed E-state index contributed by atoms with van der Waals surface area (Å²) in [7, 11) is 8.70. The van der Waals surface area contributed by atoms with Gasteiger partial charge in [0.25, 0.3) is 0 Å². The second-order valence-electron chi connectivity index (χ2n) is 5.67. The molecule has 0 atom stereocenters. The molecule has 26 heavy (non-hydrogen) atoms. The molecule has 142 valence electrons. The van der Waals surface area contributed by atoms with Gasteiger partial charge in [0.2, 0.25) is 0 Å². The molecule has 0 spiro atoms. The summed E-state index contributed by atoms with van der Waals surface area (Å²) in [6, 6.07) is 7.99. The summed E-state index contributed by atoms with van der Waals surface area (Å²) in [4.78, 5) is 7.86. The molecule has 0 amide bonds. The Morgan fingerprint density at radius 3 is 2.38 bits per heavy atom. The summed E-state index contributed by atoms with van der Waals surface area (Å²) < 4.78 is 16.2. The first kappa shape index (κ1) is 19.9.